The van der Waals surface area contributed by atoms with Gasteiger partial charge in [-0.3, -0.25) is 0 Å². The molecule has 0 aliphatic carbocycles. The molecule has 1 aliphatic heterocycles. The second kappa shape index (κ2) is 10.1. The van der Waals surface area contributed by atoms with Crippen LogP contribution in [0.5, 0.6) is 0 Å². The molecule has 0 spiro atoms. The minimum atomic E-state index is -0.813. The van der Waals surface area contributed by atoms with Gasteiger partial charge in [0.05, 0.1) is 0 Å². The number of carbonyl (C=O) groups excluding carboxylic acids is 3. The number of benzene rings is 1. The maximum absolute atomic E-state index is 11.5. The van der Waals surface area contributed by atoms with Gasteiger partial charge >= 0.3 is 169 Å². The van der Waals surface area contributed by atoms with Crippen molar-refractivity contribution in [2.24, 2.45) is 0 Å². The van der Waals surface area contributed by atoms with Crippen molar-refractivity contribution in [3.05, 3.63) is 29.8 Å². The molecule has 0 aromatic heterocycles. The Bertz CT molecular complexity index is 673. The molecule has 1 aromatic rings. The Morgan fingerprint density at radius 3 is 2.22 bits per heavy atom. The van der Waals surface area contributed by atoms with Crippen LogP contribution in [0.1, 0.15) is 32.8 Å². The third kappa shape index (κ3) is 7.13. The number of rotatable bonds is 6. The van der Waals surface area contributed by atoms with Crippen molar-refractivity contribution >= 4 is 42.4 Å². The van der Waals surface area contributed by atoms with E-state index in [9.17, 15) is 14.4 Å². The van der Waals surface area contributed by atoms with E-state index in [-0.39, 0.29) is 10.8 Å². The molecule has 7 nitrogen and oxygen atoms in total. The van der Waals surface area contributed by atoms with E-state index >= 15 is 0 Å². The molecule has 0 N–H and O–H groups in total. The Balaban J connectivity index is 2.19. The molecule has 0 amide bonds. The van der Waals surface area contributed by atoms with E-state index in [4.69, 9.17) is 18.9 Å². The van der Waals surface area contributed by atoms with Crippen LogP contribution in [0.2, 0.25) is 0 Å². The molecule has 0 unspecified atom stereocenters. The molecule has 2 rings (SSSR count). The predicted octanol–water partition coefficient (Wildman–Crippen LogP) is 0.866. The summed E-state index contributed by atoms with van der Waals surface area (Å²) in [7, 11) is 0. The molecule has 1 fully saturated rings. The van der Waals surface area contributed by atoms with Crippen molar-refractivity contribution in [3.8, 4) is 0 Å². The van der Waals surface area contributed by atoms with Crippen LogP contribution in [0, 0.1) is 6.92 Å². The van der Waals surface area contributed by atoms with Gasteiger partial charge in [0.15, 0.2) is 0 Å². The SMILES string of the molecule is CC(=O)OC[C@H]1O[C@@H]([Te]c2ccc(C)cc2)C[C@H](OC(C)=O)[C@@H]1OC(C)=O. The van der Waals surface area contributed by atoms with Crippen LogP contribution >= 0.6 is 0 Å². The molecule has 0 saturated carbocycles. The fraction of sp³-hybridized carbons (Fsp3) is 0.526. The number of ether oxygens (including phenoxy) is 4. The van der Waals surface area contributed by atoms with Crippen LogP contribution in [0.25, 0.3) is 0 Å². The summed E-state index contributed by atoms with van der Waals surface area (Å²) in [5.74, 6) is -1.43. The third-order valence-electron chi connectivity index (χ3n) is 3.84. The normalized spacial score (nSPS) is 24.7. The van der Waals surface area contributed by atoms with Crippen LogP contribution in [0.3, 0.4) is 0 Å². The zero-order valence-electron chi connectivity index (χ0n) is 15.8. The minimum absolute atomic E-state index is 0.0671. The summed E-state index contributed by atoms with van der Waals surface area (Å²) in [6.07, 6.45) is -1.70. The Kier molecular flexibility index (Phi) is 8.08. The zero-order chi connectivity index (χ0) is 20.0. The number of hydrogen-bond acceptors (Lipinski definition) is 7. The summed E-state index contributed by atoms with van der Waals surface area (Å²) in [5, 5.41) is 0. The average molecular weight is 492 g/mol. The third-order valence-corrected chi connectivity index (χ3v) is 7.01. The molecular formula is C19H24O7Te. The van der Waals surface area contributed by atoms with Crippen LogP contribution in [-0.4, -0.2) is 67.9 Å². The Morgan fingerprint density at radius 2 is 1.67 bits per heavy atom. The average Bonchev–Trinajstić information content (AvgIpc) is 2.56. The topological polar surface area (TPSA) is 88.1 Å². The first-order chi connectivity index (χ1) is 12.7. The van der Waals surface area contributed by atoms with E-state index in [1.165, 1.54) is 29.9 Å². The van der Waals surface area contributed by atoms with Gasteiger partial charge in [0.2, 0.25) is 0 Å². The number of aryl methyl sites for hydroxylation is 1. The number of carbonyl (C=O) groups is 3. The molecule has 27 heavy (non-hydrogen) atoms. The van der Waals surface area contributed by atoms with E-state index in [1.807, 2.05) is 19.1 Å². The van der Waals surface area contributed by atoms with Crippen molar-refractivity contribution in [2.45, 2.75) is 56.6 Å². The van der Waals surface area contributed by atoms with Gasteiger partial charge in [0.1, 0.15) is 0 Å². The summed E-state index contributed by atoms with van der Waals surface area (Å²) in [4.78, 5) is 34.3. The van der Waals surface area contributed by atoms with E-state index in [2.05, 4.69) is 12.1 Å². The predicted molar refractivity (Wildman–Crippen MR) is 97.6 cm³/mol. The van der Waals surface area contributed by atoms with Crippen molar-refractivity contribution in [3.63, 3.8) is 0 Å². The molecule has 0 bridgehead atoms. The standard InChI is InChI=1S/C19H24O7Te/c1-11-5-7-15(8-6-11)27-18-9-16(24-13(3)21)19(25-14(4)22)17(26-18)10-23-12(2)20/h5-8,16-19H,9-10H2,1-4H3/t16-,17+,18-,19-/m0/s1. The van der Waals surface area contributed by atoms with Gasteiger partial charge in [-0.2, -0.15) is 0 Å². The molecule has 1 saturated heterocycles. The fourth-order valence-electron chi connectivity index (χ4n) is 2.74. The number of hydrogen-bond donors (Lipinski definition) is 0. The van der Waals surface area contributed by atoms with Gasteiger partial charge in [-0.15, -0.1) is 0 Å². The van der Waals surface area contributed by atoms with Gasteiger partial charge in [0.25, 0.3) is 0 Å². The molecule has 1 aromatic carbocycles. The van der Waals surface area contributed by atoms with E-state index in [0.29, 0.717) is 6.42 Å². The molecule has 148 valence electrons. The van der Waals surface area contributed by atoms with Crippen LogP contribution in [-0.2, 0) is 33.3 Å². The second-order valence-electron chi connectivity index (χ2n) is 6.30. The Morgan fingerprint density at radius 1 is 1.04 bits per heavy atom. The van der Waals surface area contributed by atoms with Gasteiger partial charge in [-0.1, -0.05) is 0 Å². The summed E-state index contributed by atoms with van der Waals surface area (Å²) in [6.45, 7) is 5.85. The number of esters is 3. The van der Waals surface area contributed by atoms with Gasteiger partial charge in [0, 0.05) is 0 Å². The van der Waals surface area contributed by atoms with Crippen molar-refractivity contribution in [1.29, 1.82) is 0 Å². The molecule has 4 atom stereocenters. The first-order valence-corrected chi connectivity index (χ1v) is 11.1. The molecule has 8 heteroatoms. The fourth-order valence-corrected chi connectivity index (χ4v) is 5.83. The Labute approximate surface area is 168 Å². The maximum atomic E-state index is 11.5. The zero-order valence-corrected chi connectivity index (χ0v) is 18.1. The van der Waals surface area contributed by atoms with E-state index in [1.54, 1.807) is 0 Å². The van der Waals surface area contributed by atoms with Crippen LogP contribution in [0.4, 0.5) is 0 Å². The van der Waals surface area contributed by atoms with Crippen LogP contribution < -0.4 is 3.61 Å². The first kappa shape index (κ1) is 21.7. The summed E-state index contributed by atoms with van der Waals surface area (Å²) in [6, 6.07) is 8.23. The summed E-state index contributed by atoms with van der Waals surface area (Å²) in [5.41, 5.74) is 1.18. The van der Waals surface area contributed by atoms with Gasteiger partial charge in [-0.25, -0.2) is 0 Å². The second-order valence-corrected chi connectivity index (χ2v) is 9.81. The first-order valence-electron chi connectivity index (χ1n) is 8.61. The molecular weight excluding hydrogens is 468 g/mol. The Hall–Kier alpha value is -1.62. The van der Waals surface area contributed by atoms with Gasteiger partial charge < -0.3 is 0 Å². The monoisotopic (exact) mass is 494 g/mol. The van der Waals surface area contributed by atoms with Crippen LogP contribution in [0.15, 0.2) is 24.3 Å². The summed E-state index contributed by atoms with van der Waals surface area (Å²) >= 11 is -0.758. The quantitative estimate of drug-likeness (QED) is 0.331. The summed E-state index contributed by atoms with van der Waals surface area (Å²) < 4.78 is 23.0. The van der Waals surface area contributed by atoms with E-state index < -0.39 is 57.1 Å². The molecule has 1 aliphatic rings. The van der Waals surface area contributed by atoms with E-state index in [0.717, 1.165) is 0 Å². The van der Waals surface area contributed by atoms with Crippen molar-refractivity contribution < 1.29 is 33.3 Å². The van der Waals surface area contributed by atoms with Gasteiger partial charge in [-0.05, 0) is 0 Å². The van der Waals surface area contributed by atoms with Crippen molar-refractivity contribution in [2.75, 3.05) is 6.61 Å². The molecule has 0 radical (unpaired) electrons. The van der Waals surface area contributed by atoms with Crippen molar-refractivity contribution in [1.82, 2.24) is 0 Å². The molecule has 1 heterocycles.